The van der Waals surface area contributed by atoms with Gasteiger partial charge >= 0.3 is 0 Å². The molecule has 0 radical (unpaired) electrons. The smallest absolute Gasteiger partial charge is 0.237 e. The highest BCUT2D eigenvalue weighted by molar-refractivity contribution is 5.78. The van der Waals surface area contributed by atoms with E-state index in [1.54, 1.807) is 26.0 Å². The number of aromatic nitrogens is 3. The van der Waals surface area contributed by atoms with Crippen molar-refractivity contribution in [2.24, 2.45) is 5.73 Å². The quantitative estimate of drug-likeness (QED) is 0.637. The molecule has 0 unspecified atom stereocenters. The van der Waals surface area contributed by atoms with Gasteiger partial charge in [0.25, 0.3) is 0 Å². The number of carbonyl (C=O) groups excluding carboxylic acids is 1. The molecule has 0 fully saturated rings. The molecule has 1 rings (SSSR count). The molecule has 8 heteroatoms. The molecule has 0 saturated carbocycles. The van der Waals surface area contributed by atoms with Crippen LogP contribution in [0.15, 0.2) is 0 Å². The summed E-state index contributed by atoms with van der Waals surface area (Å²) in [6.07, 6.45) is 0. The molecule has 1 heterocycles. The zero-order valence-corrected chi connectivity index (χ0v) is 9.51. The molecule has 0 bridgehead atoms. The molecule has 1 aromatic rings. The largest absolute Gasteiger partial charge is 0.368 e. The highest BCUT2D eigenvalue weighted by Crippen LogP contribution is 2.11. The van der Waals surface area contributed by atoms with E-state index in [9.17, 15) is 4.79 Å². The lowest BCUT2D eigenvalue weighted by atomic mass is 10.5. The summed E-state index contributed by atoms with van der Waals surface area (Å²) in [4.78, 5) is 25.9. The van der Waals surface area contributed by atoms with Crippen LogP contribution in [-0.4, -0.2) is 48.5 Å². The zero-order valence-electron chi connectivity index (χ0n) is 9.51. The Balaban J connectivity index is 2.99. The van der Waals surface area contributed by atoms with E-state index in [1.165, 1.54) is 4.90 Å². The van der Waals surface area contributed by atoms with E-state index in [-0.39, 0.29) is 12.5 Å². The molecule has 0 aromatic carbocycles. The van der Waals surface area contributed by atoms with Gasteiger partial charge in [-0.15, -0.1) is 0 Å². The van der Waals surface area contributed by atoms with E-state index in [0.717, 1.165) is 0 Å². The predicted molar refractivity (Wildman–Crippen MR) is 61.0 cm³/mol. The Morgan fingerprint density at radius 3 is 2.25 bits per heavy atom. The summed E-state index contributed by atoms with van der Waals surface area (Å²) in [5, 5.41) is 0. The van der Waals surface area contributed by atoms with Crippen molar-refractivity contribution < 1.29 is 4.79 Å². The minimum atomic E-state index is -0.465. The summed E-state index contributed by atoms with van der Waals surface area (Å²) in [5.74, 6) is 0.381. The molecule has 1 aromatic heterocycles. The molecule has 1 amide bonds. The van der Waals surface area contributed by atoms with Crippen molar-refractivity contribution in [3.8, 4) is 0 Å². The maximum Gasteiger partial charge on any atom is 0.237 e. The minimum Gasteiger partial charge on any atom is -0.368 e. The first-order valence-corrected chi connectivity index (χ1v) is 4.58. The van der Waals surface area contributed by atoms with Crippen LogP contribution in [-0.2, 0) is 4.79 Å². The van der Waals surface area contributed by atoms with Gasteiger partial charge in [-0.2, -0.15) is 15.0 Å². The van der Waals surface area contributed by atoms with E-state index in [0.29, 0.717) is 11.9 Å². The van der Waals surface area contributed by atoms with Crippen LogP contribution in [0.25, 0.3) is 0 Å². The van der Waals surface area contributed by atoms with E-state index >= 15 is 0 Å². The van der Waals surface area contributed by atoms with Gasteiger partial charge in [0, 0.05) is 21.1 Å². The van der Waals surface area contributed by atoms with Crippen molar-refractivity contribution in [2.75, 3.05) is 43.2 Å². The number of hydrogen-bond donors (Lipinski definition) is 2. The second kappa shape index (κ2) is 4.60. The first-order valence-electron chi connectivity index (χ1n) is 4.58. The summed E-state index contributed by atoms with van der Waals surface area (Å²) in [6, 6.07) is 0. The van der Waals surface area contributed by atoms with Crippen LogP contribution < -0.4 is 21.3 Å². The third-order valence-corrected chi connectivity index (χ3v) is 1.76. The van der Waals surface area contributed by atoms with Crippen molar-refractivity contribution in [1.82, 2.24) is 15.0 Å². The molecule has 0 aliphatic heterocycles. The zero-order chi connectivity index (χ0) is 12.3. The van der Waals surface area contributed by atoms with Gasteiger partial charge in [-0.25, -0.2) is 0 Å². The standard InChI is InChI=1S/C8H15N7O/c1-14(2)7-11-6(10)12-8(13-7)15(3)4-5(9)16/h4H2,1-3H3,(H2,9,16)(H2,10,11,12,13). The van der Waals surface area contributed by atoms with Gasteiger partial charge in [0.15, 0.2) is 0 Å². The third kappa shape index (κ3) is 2.94. The van der Waals surface area contributed by atoms with Crippen molar-refractivity contribution in [2.45, 2.75) is 0 Å². The number of nitrogens with zero attached hydrogens (tertiary/aromatic N) is 5. The molecule has 0 aliphatic carbocycles. The first-order chi connectivity index (χ1) is 7.40. The van der Waals surface area contributed by atoms with Gasteiger partial charge in [0.05, 0.1) is 6.54 Å². The maximum absolute atomic E-state index is 10.8. The predicted octanol–water partition coefficient (Wildman–Crippen LogP) is -1.56. The molecule has 16 heavy (non-hydrogen) atoms. The Morgan fingerprint density at radius 1 is 1.19 bits per heavy atom. The number of nitrogen functional groups attached to an aromatic ring is 1. The number of carbonyl (C=O) groups is 1. The SMILES string of the molecule is CN(C)c1nc(N)nc(N(C)CC(N)=O)n1. The maximum atomic E-state index is 10.8. The number of likely N-dealkylation sites (N-methyl/N-ethyl adjacent to an activating group) is 1. The van der Waals surface area contributed by atoms with Crippen LogP contribution in [0.4, 0.5) is 17.8 Å². The van der Waals surface area contributed by atoms with Gasteiger partial charge in [-0.3, -0.25) is 4.79 Å². The summed E-state index contributed by atoms with van der Waals surface area (Å²) in [6.45, 7) is 0.0241. The van der Waals surface area contributed by atoms with Gasteiger partial charge < -0.3 is 21.3 Å². The topological polar surface area (TPSA) is 114 Å². The Labute approximate surface area is 93.3 Å². The van der Waals surface area contributed by atoms with Crippen LogP contribution in [0, 0.1) is 0 Å². The molecular weight excluding hydrogens is 210 g/mol. The van der Waals surface area contributed by atoms with Crippen molar-refractivity contribution in [3.05, 3.63) is 0 Å². The molecule has 8 nitrogen and oxygen atoms in total. The fraction of sp³-hybridized carbons (Fsp3) is 0.500. The molecule has 4 N–H and O–H groups in total. The molecule has 88 valence electrons. The van der Waals surface area contributed by atoms with Crippen molar-refractivity contribution >= 4 is 23.8 Å². The van der Waals surface area contributed by atoms with Crippen LogP contribution in [0.5, 0.6) is 0 Å². The fourth-order valence-electron chi connectivity index (χ4n) is 1.04. The summed E-state index contributed by atoms with van der Waals surface area (Å²) < 4.78 is 0. The first kappa shape index (κ1) is 12.0. The van der Waals surface area contributed by atoms with Crippen molar-refractivity contribution in [3.63, 3.8) is 0 Å². The van der Waals surface area contributed by atoms with E-state index in [2.05, 4.69) is 15.0 Å². The van der Waals surface area contributed by atoms with Gasteiger partial charge in [-0.05, 0) is 0 Å². The Morgan fingerprint density at radius 2 is 1.75 bits per heavy atom. The second-order valence-electron chi connectivity index (χ2n) is 3.51. The molecule has 0 spiro atoms. The highest BCUT2D eigenvalue weighted by Gasteiger charge is 2.11. The highest BCUT2D eigenvalue weighted by atomic mass is 16.1. The summed E-state index contributed by atoms with van der Waals surface area (Å²) in [7, 11) is 5.22. The second-order valence-corrected chi connectivity index (χ2v) is 3.51. The average Bonchev–Trinajstić information content (AvgIpc) is 2.15. The molecule has 0 atom stereocenters. The Kier molecular flexibility index (Phi) is 3.44. The Hall–Kier alpha value is -2.12. The molecular formula is C8H15N7O. The average molecular weight is 225 g/mol. The van der Waals surface area contributed by atoms with E-state index in [1.807, 2.05) is 0 Å². The third-order valence-electron chi connectivity index (χ3n) is 1.76. The van der Waals surface area contributed by atoms with Gasteiger partial charge in [0.1, 0.15) is 0 Å². The number of primary amides is 1. The number of nitrogens with two attached hydrogens (primary N) is 2. The lowest BCUT2D eigenvalue weighted by Gasteiger charge is -2.17. The van der Waals surface area contributed by atoms with Gasteiger partial charge in [0.2, 0.25) is 23.8 Å². The van der Waals surface area contributed by atoms with Crippen LogP contribution in [0.1, 0.15) is 0 Å². The molecule has 0 saturated heterocycles. The van der Waals surface area contributed by atoms with Crippen LogP contribution in [0.2, 0.25) is 0 Å². The van der Waals surface area contributed by atoms with E-state index in [4.69, 9.17) is 11.5 Å². The van der Waals surface area contributed by atoms with Crippen LogP contribution in [0.3, 0.4) is 0 Å². The number of amides is 1. The monoisotopic (exact) mass is 225 g/mol. The fourth-order valence-corrected chi connectivity index (χ4v) is 1.04. The number of rotatable bonds is 4. The molecule has 0 aliphatic rings. The lowest BCUT2D eigenvalue weighted by molar-refractivity contribution is -0.116. The normalized spacial score (nSPS) is 9.94. The van der Waals surface area contributed by atoms with Crippen LogP contribution >= 0.6 is 0 Å². The van der Waals surface area contributed by atoms with Gasteiger partial charge in [-0.1, -0.05) is 0 Å². The number of anilines is 3. The number of hydrogen-bond acceptors (Lipinski definition) is 7. The van der Waals surface area contributed by atoms with Crippen molar-refractivity contribution in [1.29, 1.82) is 0 Å². The summed E-state index contributed by atoms with van der Waals surface area (Å²) >= 11 is 0. The van der Waals surface area contributed by atoms with E-state index < -0.39 is 5.91 Å². The lowest BCUT2D eigenvalue weighted by Crippen LogP contribution is -2.32. The Bertz CT molecular complexity index is 392. The minimum absolute atomic E-state index is 0.0241. The summed E-state index contributed by atoms with van der Waals surface area (Å²) in [5.41, 5.74) is 10.6.